The number of thioether (sulfide) groups is 1. The molecule has 3 heterocycles. The van der Waals surface area contributed by atoms with Crippen molar-refractivity contribution >= 4 is 45.9 Å². The van der Waals surface area contributed by atoms with Gasteiger partial charge in [0.15, 0.2) is 16.6 Å². The van der Waals surface area contributed by atoms with Gasteiger partial charge in [-0.05, 0) is 32.0 Å². The molecule has 7 nitrogen and oxygen atoms in total. The Labute approximate surface area is 156 Å². The number of aromatic nitrogens is 3. The molecule has 3 aromatic heterocycles. The number of rotatable bonds is 5. The van der Waals surface area contributed by atoms with E-state index in [0.717, 1.165) is 16.6 Å². The van der Waals surface area contributed by atoms with Crippen LogP contribution in [-0.4, -0.2) is 39.6 Å². The van der Waals surface area contributed by atoms with Crippen LogP contribution in [0.3, 0.4) is 0 Å². The maximum atomic E-state index is 12.4. The van der Waals surface area contributed by atoms with Gasteiger partial charge in [0.1, 0.15) is 0 Å². The van der Waals surface area contributed by atoms with E-state index in [1.54, 1.807) is 13.0 Å². The summed E-state index contributed by atoms with van der Waals surface area (Å²) in [6, 6.07) is 5.16. The van der Waals surface area contributed by atoms with Gasteiger partial charge in [0, 0.05) is 10.6 Å². The van der Waals surface area contributed by atoms with Gasteiger partial charge in [-0.25, -0.2) is 14.8 Å². The number of ketones is 1. The molecule has 26 heavy (non-hydrogen) atoms. The van der Waals surface area contributed by atoms with E-state index in [9.17, 15) is 14.4 Å². The fourth-order valence-corrected chi connectivity index (χ4v) is 4.01. The highest BCUT2D eigenvalue weighted by atomic mass is 32.2. The summed E-state index contributed by atoms with van der Waals surface area (Å²) < 4.78 is 4.72. The molecule has 0 aliphatic rings. The number of aryl methyl sites for hydroxylation is 2. The third-order valence-corrected chi connectivity index (χ3v) is 5.46. The molecular weight excluding hydrogens is 374 g/mol. The van der Waals surface area contributed by atoms with Gasteiger partial charge in [0.2, 0.25) is 0 Å². The van der Waals surface area contributed by atoms with Gasteiger partial charge >= 0.3 is 5.97 Å². The zero-order chi connectivity index (χ0) is 18.8. The van der Waals surface area contributed by atoms with Gasteiger partial charge in [0.05, 0.1) is 28.7 Å². The minimum Gasteiger partial charge on any atom is -0.465 e. The molecule has 0 spiro atoms. The highest BCUT2D eigenvalue weighted by Gasteiger charge is 2.18. The Morgan fingerprint density at radius 1 is 1.27 bits per heavy atom. The molecule has 1 N–H and O–H groups in total. The summed E-state index contributed by atoms with van der Waals surface area (Å²) in [5.41, 5.74) is 0.309. The normalized spacial score (nSPS) is 10.9. The Hall–Kier alpha value is -2.52. The molecule has 3 rings (SSSR count). The van der Waals surface area contributed by atoms with Crippen molar-refractivity contribution in [2.75, 3.05) is 12.9 Å². The van der Waals surface area contributed by atoms with Crippen LogP contribution in [0.5, 0.6) is 0 Å². The standard InChI is InChI=1S/C17H15N3O4S2/c1-8-6-10(16(23)24-3)13-14(18-8)19-17(20-15(13)22)25-7-11(21)12-5-4-9(2)26-12/h4-6H,7H2,1-3H3,(H,18,19,20,22). The number of hydrogen-bond donors (Lipinski definition) is 1. The molecule has 0 saturated carbocycles. The summed E-state index contributed by atoms with van der Waals surface area (Å²) in [6.45, 7) is 3.63. The molecule has 0 atom stereocenters. The van der Waals surface area contributed by atoms with Gasteiger partial charge in [-0.1, -0.05) is 11.8 Å². The van der Waals surface area contributed by atoms with Gasteiger partial charge in [-0.3, -0.25) is 9.59 Å². The monoisotopic (exact) mass is 389 g/mol. The summed E-state index contributed by atoms with van der Waals surface area (Å²) >= 11 is 2.55. The van der Waals surface area contributed by atoms with Crippen LogP contribution >= 0.6 is 23.1 Å². The number of pyridine rings is 1. The number of Topliss-reactive ketones (excluding diaryl/α,β-unsaturated/α-hetero) is 1. The summed E-state index contributed by atoms with van der Waals surface area (Å²) in [6.07, 6.45) is 0. The zero-order valence-corrected chi connectivity index (χ0v) is 15.9. The molecule has 0 aliphatic heterocycles. The second kappa shape index (κ2) is 7.38. The Morgan fingerprint density at radius 2 is 2.04 bits per heavy atom. The van der Waals surface area contributed by atoms with Crippen molar-refractivity contribution in [3.8, 4) is 0 Å². The third kappa shape index (κ3) is 3.68. The minimum absolute atomic E-state index is 0.0386. The van der Waals surface area contributed by atoms with Crippen LogP contribution in [-0.2, 0) is 4.74 Å². The second-order valence-electron chi connectivity index (χ2n) is 5.49. The lowest BCUT2D eigenvalue weighted by Gasteiger charge is -2.06. The Morgan fingerprint density at radius 3 is 2.69 bits per heavy atom. The first-order valence-electron chi connectivity index (χ1n) is 7.61. The van der Waals surface area contributed by atoms with Crippen molar-refractivity contribution in [2.24, 2.45) is 0 Å². The van der Waals surface area contributed by atoms with Crippen LogP contribution in [0.1, 0.15) is 30.6 Å². The number of esters is 1. The first kappa shape index (κ1) is 18.3. The van der Waals surface area contributed by atoms with Gasteiger partial charge in [0.25, 0.3) is 5.56 Å². The van der Waals surface area contributed by atoms with Crippen LogP contribution in [0, 0.1) is 13.8 Å². The van der Waals surface area contributed by atoms with Crippen molar-refractivity contribution in [3.63, 3.8) is 0 Å². The number of H-pyrrole nitrogens is 1. The van der Waals surface area contributed by atoms with E-state index in [4.69, 9.17) is 4.74 Å². The summed E-state index contributed by atoms with van der Waals surface area (Å²) in [4.78, 5) is 49.4. The van der Waals surface area contributed by atoms with Crippen LogP contribution in [0.25, 0.3) is 11.0 Å². The Bertz CT molecular complexity index is 1070. The van der Waals surface area contributed by atoms with Crippen molar-refractivity contribution in [3.05, 3.63) is 49.6 Å². The lowest BCUT2D eigenvalue weighted by Crippen LogP contribution is -2.16. The highest BCUT2D eigenvalue weighted by Crippen LogP contribution is 2.21. The maximum Gasteiger partial charge on any atom is 0.338 e. The molecule has 0 aromatic carbocycles. The fourth-order valence-electron chi connectivity index (χ4n) is 2.37. The number of nitrogens with zero attached hydrogens (tertiary/aromatic N) is 2. The average molecular weight is 389 g/mol. The van der Waals surface area contributed by atoms with Crippen molar-refractivity contribution in [2.45, 2.75) is 19.0 Å². The van der Waals surface area contributed by atoms with Gasteiger partial charge < -0.3 is 9.72 Å². The minimum atomic E-state index is -0.628. The van der Waals surface area contributed by atoms with E-state index in [-0.39, 0.29) is 33.3 Å². The Balaban J connectivity index is 1.92. The van der Waals surface area contributed by atoms with Crippen LogP contribution in [0.15, 0.2) is 28.2 Å². The van der Waals surface area contributed by atoms with E-state index in [1.807, 2.05) is 13.0 Å². The molecule has 0 radical (unpaired) electrons. The predicted octanol–water partition coefficient (Wildman–Crippen LogP) is 2.76. The summed E-state index contributed by atoms with van der Waals surface area (Å²) in [7, 11) is 1.24. The fraction of sp³-hybridized carbons (Fsp3) is 0.235. The first-order valence-corrected chi connectivity index (χ1v) is 9.41. The number of carbonyl (C=O) groups is 2. The topological polar surface area (TPSA) is 102 Å². The maximum absolute atomic E-state index is 12.4. The number of ether oxygens (including phenoxy) is 1. The van der Waals surface area contributed by atoms with E-state index >= 15 is 0 Å². The number of aromatic amines is 1. The number of methoxy groups -OCH3 is 1. The Kier molecular flexibility index (Phi) is 5.19. The van der Waals surface area contributed by atoms with Gasteiger partial charge in [-0.2, -0.15) is 0 Å². The summed E-state index contributed by atoms with van der Waals surface area (Å²) in [5.74, 6) is -0.524. The van der Waals surface area contributed by atoms with Crippen LogP contribution < -0.4 is 5.56 Å². The predicted molar refractivity (Wildman–Crippen MR) is 100 cm³/mol. The summed E-state index contributed by atoms with van der Waals surface area (Å²) in [5, 5.41) is 0.352. The number of thiophene rings is 1. The molecule has 0 bridgehead atoms. The molecule has 3 aromatic rings. The van der Waals surface area contributed by atoms with E-state index in [0.29, 0.717) is 10.6 Å². The largest absolute Gasteiger partial charge is 0.465 e. The molecule has 134 valence electrons. The number of hydrogen-bond acceptors (Lipinski definition) is 8. The molecule has 0 amide bonds. The molecule has 0 fully saturated rings. The van der Waals surface area contributed by atoms with Gasteiger partial charge in [-0.15, -0.1) is 11.3 Å². The number of nitrogens with one attached hydrogen (secondary N) is 1. The van der Waals surface area contributed by atoms with E-state index < -0.39 is 11.5 Å². The van der Waals surface area contributed by atoms with Crippen molar-refractivity contribution in [1.82, 2.24) is 15.0 Å². The van der Waals surface area contributed by atoms with E-state index in [1.165, 1.54) is 24.5 Å². The molecule has 0 aliphatic carbocycles. The third-order valence-electron chi connectivity index (χ3n) is 3.54. The van der Waals surface area contributed by atoms with E-state index in [2.05, 4.69) is 15.0 Å². The second-order valence-corrected chi connectivity index (χ2v) is 7.75. The zero-order valence-electron chi connectivity index (χ0n) is 14.3. The SMILES string of the molecule is COC(=O)c1cc(C)nc2nc(SCC(=O)c3ccc(C)s3)[nH]c(=O)c12. The lowest BCUT2D eigenvalue weighted by atomic mass is 10.1. The highest BCUT2D eigenvalue weighted by molar-refractivity contribution is 7.99. The number of fused-ring (bicyclic) bond motifs is 1. The van der Waals surface area contributed by atoms with Crippen molar-refractivity contribution < 1.29 is 14.3 Å². The quantitative estimate of drug-likeness (QED) is 0.310. The lowest BCUT2D eigenvalue weighted by molar-refractivity contribution is 0.0602. The average Bonchev–Trinajstić information content (AvgIpc) is 3.04. The van der Waals surface area contributed by atoms with Crippen molar-refractivity contribution in [1.29, 1.82) is 0 Å². The van der Waals surface area contributed by atoms with Crippen LogP contribution in [0.2, 0.25) is 0 Å². The molecule has 9 heteroatoms. The number of carbonyl (C=O) groups excluding carboxylic acids is 2. The molecule has 0 saturated heterocycles. The molecular formula is C17H15N3O4S2. The first-order chi connectivity index (χ1) is 12.4. The smallest absolute Gasteiger partial charge is 0.338 e. The van der Waals surface area contributed by atoms with Crippen LogP contribution in [0.4, 0.5) is 0 Å². The molecule has 0 unspecified atom stereocenters.